The number of nitrogens with zero attached hydrogens (tertiary/aromatic N) is 2. The highest BCUT2D eigenvalue weighted by Crippen LogP contribution is 2.47. The van der Waals surface area contributed by atoms with Crippen LogP contribution in [0.3, 0.4) is 0 Å². The largest absolute Gasteiger partial charge is 0.357 e. The van der Waals surface area contributed by atoms with E-state index in [9.17, 15) is 19.2 Å². The summed E-state index contributed by atoms with van der Waals surface area (Å²) in [7, 11) is 1.55. The van der Waals surface area contributed by atoms with Crippen molar-refractivity contribution in [3.63, 3.8) is 0 Å². The molecule has 40 heavy (non-hydrogen) atoms. The van der Waals surface area contributed by atoms with Gasteiger partial charge in [-0.15, -0.1) is 0 Å². The zero-order chi connectivity index (χ0) is 28.3. The van der Waals surface area contributed by atoms with Crippen LogP contribution in [0, 0.1) is 0 Å². The Morgan fingerprint density at radius 2 is 1.90 bits per heavy atom. The van der Waals surface area contributed by atoms with Gasteiger partial charge in [0.15, 0.2) is 0 Å². The van der Waals surface area contributed by atoms with E-state index in [0.717, 1.165) is 86.8 Å². The number of anilines is 1. The van der Waals surface area contributed by atoms with Crippen LogP contribution in [0.5, 0.6) is 0 Å². The molecule has 1 unspecified atom stereocenters. The van der Waals surface area contributed by atoms with E-state index in [2.05, 4.69) is 21.6 Å². The number of rotatable bonds is 11. The molecule has 2 N–H and O–H groups in total. The number of benzene rings is 2. The first kappa shape index (κ1) is 28.3. The maximum atomic E-state index is 13.1. The molecule has 212 valence electrons. The van der Waals surface area contributed by atoms with Crippen molar-refractivity contribution in [2.45, 2.75) is 69.4 Å². The van der Waals surface area contributed by atoms with Gasteiger partial charge in [-0.25, -0.2) is 0 Å². The van der Waals surface area contributed by atoms with Crippen molar-refractivity contribution in [3.05, 3.63) is 63.7 Å². The Morgan fingerprint density at radius 1 is 1.12 bits per heavy atom. The summed E-state index contributed by atoms with van der Waals surface area (Å²) in [6.45, 7) is 3.18. The summed E-state index contributed by atoms with van der Waals surface area (Å²) in [5, 5.41) is 6.26. The molecule has 2 aromatic carbocycles. The van der Waals surface area contributed by atoms with Gasteiger partial charge in [0.2, 0.25) is 11.8 Å². The van der Waals surface area contributed by atoms with Gasteiger partial charge in [0.25, 0.3) is 5.91 Å². The van der Waals surface area contributed by atoms with Crippen molar-refractivity contribution in [1.82, 2.24) is 15.1 Å². The third kappa shape index (κ3) is 5.27. The minimum absolute atomic E-state index is 0.0769. The molecule has 0 saturated carbocycles. The van der Waals surface area contributed by atoms with Crippen LogP contribution in [0.25, 0.3) is 0 Å². The zero-order valence-electron chi connectivity index (χ0n) is 23.0. The summed E-state index contributed by atoms with van der Waals surface area (Å²) in [5.74, 6) is -0.303. The minimum atomic E-state index is -0.646. The van der Waals surface area contributed by atoms with Crippen LogP contribution in [0.1, 0.15) is 72.0 Å². The maximum Gasteiger partial charge on any atom is 0.255 e. The monoisotopic (exact) mass is 564 g/mol. The molecule has 0 bridgehead atoms. The van der Waals surface area contributed by atoms with Gasteiger partial charge in [0.1, 0.15) is 12.3 Å². The highest BCUT2D eigenvalue weighted by Gasteiger charge is 2.48. The molecule has 0 aliphatic carbocycles. The fourth-order valence-corrected chi connectivity index (χ4v) is 6.84. The summed E-state index contributed by atoms with van der Waals surface area (Å²) in [6.07, 6.45) is 6.99. The van der Waals surface area contributed by atoms with Gasteiger partial charge in [0, 0.05) is 25.6 Å². The first-order chi connectivity index (χ1) is 19.4. The van der Waals surface area contributed by atoms with Gasteiger partial charge in [0.05, 0.1) is 16.1 Å². The summed E-state index contributed by atoms with van der Waals surface area (Å²) in [5.41, 5.74) is 4.19. The predicted octanol–water partition coefficient (Wildman–Crippen LogP) is 4.09. The number of fused-ring (bicyclic) bond motifs is 3. The minimum Gasteiger partial charge on any atom is -0.357 e. The molecule has 8 nitrogen and oxygen atoms in total. The lowest BCUT2D eigenvalue weighted by Gasteiger charge is -2.38. The van der Waals surface area contributed by atoms with E-state index in [-0.39, 0.29) is 24.1 Å². The Bertz CT molecular complexity index is 1300. The lowest BCUT2D eigenvalue weighted by Crippen LogP contribution is -2.46. The molecule has 3 amide bonds. The number of aryl methyl sites for hydroxylation is 1. The van der Waals surface area contributed by atoms with Gasteiger partial charge in [-0.3, -0.25) is 14.4 Å². The zero-order valence-corrected chi connectivity index (χ0v) is 23.8. The highest BCUT2D eigenvalue weighted by atomic mass is 35.5. The average Bonchev–Trinajstić information content (AvgIpc) is 3.44. The number of hydrogen-bond donors (Lipinski definition) is 2. The number of amides is 3. The van der Waals surface area contributed by atoms with Crippen LogP contribution in [-0.2, 0) is 32.8 Å². The highest BCUT2D eigenvalue weighted by molar-refractivity contribution is 6.34. The van der Waals surface area contributed by atoms with E-state index in [4.69, 9.17) is 11.6 Å². The van der Waals surface area contributed by atoms with Gasteiger partial charge < -0.3 is 25.2 Å². The molecule has 0 aromatic heterocycles. The van der Waals surface area contributed by atoms with Crippen LogP contribution in [0.2, 0.25) is 5.02 Å². The van der Waals surface area contributed by atoms with Crippen molar-refractivity contribution < 1.29 is 19.2 Å². The number of hydrogen-bond acceptors (Lipinski definition) is 5. The molecule has 1 atom stereocenters. The lowest BCUT2D eigenvalue weighted by molar-refractivity contribution is -0.125. The van der Waals surface area contributed by atoms with Crippen molar-refractivity contribution in [2.24, 2.45) is 0 Å². The molecular weight excluding hydrogens is 528 g/mol. The maximum absolute atomic E-state index is 13.1. The quantitative estimate of drug-likeness (QED) is 0.316. The SMILES string of the molecule is CNC(=O)C(CCC=O)N1Cc2c(CCCCCN3CCC4(CC3)C(=O)Nc3c(Cl)cccc34)cccc2C1=O. The molecule has 1 fully saturated rings. The van der Waals surface area contributed by atoms with Crippen LogP contribution in [0.4, 0.5) is 5.69 Å². The van der Waals surface area contributed by atoms with Crippen LogP contribution >= 0.6 is 11.6 Å². The first-order valence-electron chi connectivity index (χ1n) is 14.3. The molecule has 3 aliphatic rings. The van der Waals surface area contributed by atoms with Crippen molar-refractivity contribution >= 4 is 41.3 Å². The van der Waals surface area contributed by atoms with E-state index in [1.807, 2.05) is 30.3 Å². The molecule has 9 heteroatoms. The summed E-state index contributed by atoms with van der Waals surface area (Å²) in [6, 6.07) is 11.0. The second-order valence-corrected chi connectivity index (χ2v) is 11.5. The van der Waals surface area contributed by atoms with E-state index in [1.54, 1.807) is 11.9 Å². The van der Waals surface area contributed by atoms with Crippen LogP contribution in [0.15, 0.2) is 36.4 Å². The Morgan fingerprint density at radius 3 is 2.65 bits per heavy atom. The average molecular weight is 565 g/mol. The number of nitrogens with one attached hydrogen (secondary N) is 2. The molecule has 5 rings (SSSR count). The third-order valence-electron chi connectivity index (χ3n) is 8.91. The van der Waals surface area contributed by atoms with Gasteiger partial charge in [-0.1, -0.05) is 42.3 Å². The van der Waals surface area contributed by atoms with Crippen LogP contribution < -0.4 is 10.6 Å². The number of para-hydroxylation sites is 1. The fourth-order valence-electron chi connectivity index (χ4n) is 6.61. The Kier molecular flexibility index (Phi) is 8.57. The lowest BCUT2D eigenvalue weighted by atomic mass is 9.73. The van der Waals surface area contributed by atoms with E-state index >= 15 is 0 Å². The number of likely N-dealkylation sites (tertiary alicyclic amines) is 1. The molecule has 2 aromatic rings. The number of piperidine rings is 1. The number of carbonyl (C=O) groups excluding carboxylic acids is 4. The van der Waals surface area contributed by atoms with Crippen molar-refractivity contribution in [1.29, 1.82) is 0 Å². The normalized spacial score (nSPS) is 18.4. The van der Waals surface area contributed by atoms with Gasteiger partial charge in [-0.05, 0) is 87.0 Å². The summed E-state index contributed by atoms with van der Waals surface area (Å²) < 4.78 is 0. The molecule has 1 saturated heterocycles. The Balaban J connectivity index is 1.11. The van der Waals surface area contributed by atoms with E-state index in [1.165, 1.54) is 0 Å². The number of likely N-dealkylation sites (N-methyl/N-ethyl adjacent to an activating group) is 1. The Hall–Kier alpha value is -3.23. The summed E-state index contributed by atoms with van der Waals surface area (Å²) in [4.78, 5) is 53.5. The number of carbonyl (C=O) groups is 4. The molecular formula is C31H37ClN4O4. The number of aldehydes is 1. The molecule has 0 radical (unpaired) electrons. The second kappa shape index (κ2) is 12.1. The molecule has 3 aliphatic heterocycles. The topological polar surface area (TPSA) is 98.8 Å². The number of halogens is 1. The first-order valence-corrected chi connectivity index (χ1v) is 14.7. The second-order valence-electron chi connectivity index (χ2n) is 11.1. The standard InChI is InChI=1S/C31H37ClN4O4/c1-33-28(38)26(13-7-19-37)36-20-23-21(9-5-10-22(23)29(36)39)8-3-2-4-16-35-17-14-31(15-18-35)24-11-6-12-25(32)27(24)34-30(31)40/h5-6,9-12,19,26H,2-4,7-8,13-18,20H2,1H3,(H,33,38)(H,34,40). The summed E-state index contributed by atoms with van der Waals surface area (Å²) >= 11 is 6.33. The predicted molar refractivity (Wildman–Crippen MR) is 154 cm³/mol. The van der Waals surface area contributed by atoms with Crippen LogP contribution in [-0.4, -0.2) is 66.5 Å². The molecule has 3 heterocycles. The number of unbranched alkanes of at least 4 members (excludes halogenated alkanes) is 2. The third-order valence-corrected chi connectivity index (χ3v) is 9.22. The van der Waals surface area contributed by atoms with Gasteiger partial charge in [-0.2, -0.15) is 0 Å². The molecule has 1 spiro atoms. The van der Waals surface area contributed by atoms with Crippen molar-refractivity contribution in [3.8, 4) is 0 Å². The smallest absolute Gasteiger partial charge is 0.255 e. The van der Waals surface area contributed by atoms with E-state index < -0.39 is 11.5 Å². The Labute approximate surface area is 240 Å². The van der Waals surface area contributed by atoms with Gasteiger partial charge >= 0.3 is 0 Å². The van der Waals surface area contributed by atoms with Crippen molar-refractivity contribution in [2.75, 3.05) is 32.0 Å². The fraction of sp³-hybridized carbons (Fsp3) is 0.484. The van der Waals surface area contributed by atoms with E-state index in [0.29, 0.717) is 23.6 Å².